The monoisotopic (exact) mass is 369 g/mol. The first-order valence-corrected chi connectivity index (χ1v) is 8.05. The summed E-state index contributed by atoms with van der Waals surface area (Å²) in [7, 11) is 0. The summed E-state index contributed by atoms with van der Waals surface area (Å²) < 4.78 is 5.14. The van der Waals surface area contributed by atoms with Crippen molar-refractivity contribution in [2.75, 3.05) is 10.6 Å². The van der Waals surface area contributed by atoms with Gasteiger partial charge in [-0.25, -0.2) is 4.79 Å². The third kappa shape index (κ3) is 5.67. The SMILES string of the molecule is CC(=O)Nc1ccc(C(=O)O[C@H](C)C(=O)Nc2ccc(C(N)=O)cc2)cc1. The molecule has 3 amide bonds. The van der Waals surface area contributed by atoms with E-state index in [0.29, 0.717) is 16.9 Å². The van der Waals surface area contributed by atoms with Crippen molar-refractivity contribution in [1.29, 1.82) is 0 Å². The maximum Gasteiger partial charge on any atom is 0.338 e. The van der Waals surface area contributed by atoms with E-state index in [1.165, 1.54) is 50.2 Å². The quantitative estimate of drug-likeness (QED) is 0.670. The molecule has 0 radical (unpaired) electrons. The molecule has 8 heteroatoms. The first kappa shape index (κ1) is 19.6. The Morgan fingerprint density at radius 2 is 1.33 bits per heavy atom. The third-order valence-electron chi connectivity index (χ3n) is 3.53. The molecule has 4 N–H and O–H groups in total. The van der Waals surface area contributed by atoms with Crippen LogP contribution in [0.2, 0.25) is 0 Å². The van der Waals surface area contributed by atoms with Gasteiger partial charge in [-0.3, -0.25) is 14.4 Å². The predicted molar refractivity (Wildman–Crippen MR) is 99.2 cm³/mol. The molecule has 2 aromatic rings. The number of hydrogen-bond acceptors (Lipinski definition) is 5. The summed E-state index contributed by atoms with van der Waals surface area (Å²) >= 11 is 0. The van der Waals surface area contributed by atoms with Crippen LogP contribution in [0.25, 0.3) is 0 Å². The van der Waals surface area contributed by atoms with Gasteiger partial charge in [0.25, 0.3) is 5.91 Å². The molecule has 1 atom stereocenters. The highest BCUT2D eigenvalue weighted by molar-refractivity contribution is 5.98. The molecule has 0 aliphatic carbocycles. The summed E-state index contributed by atoms with van der Waals surface area (Å²) in [6.07, 6.45) is -1.04. The smallest absolute Gasteiger partial charge is 0.338 e. The van der Waals surface area contributed by atoms with E-state index in [1.54, 1.807) is 12.1 Å². The molecule has 0 unspecified atom stereocenters. The number of primary amides is 1. The molecule has 2 aromatic carbocycles. The number of carbonyl (C=O) groups is 4. The Morgan fingerprint density at radius 3 is 1.81 bits per heavy atom. The molecule has 0 heterocycles. The topological polar surface area (TPSA) is 128 Å². The lowest BCUT2D eigenvalue weighted by atomic mass is 10.2. The summed E-state index contributed by atoms with van der Waals surface area (Å²) in [5.74, 6) is -1.99. The van der Waals surface area contributed by atoms with Crippen molar-refractivity contribution >= 4 is 35.1 Å². The standard InChI is InChI=1S/C19H19N3O5/c1-11(18(25)22-16-7-3-13(4-8-16)17(20)24)27-19(26)14-5-9-15(10-6-14)21-12(2)23/h3-11H,1-2H3,(H2,20,24)(H,21,23)(H,22,25)/t11-/m1/s1. The lowest BCUT2D eigenvalue weighted by Gasteiger charge is -2.14. The van der Waals surface area contributed by atoms with Crippen molar-refractivity contribution in [3.8, 4) is 0 Å². The number of hydrogen-bond donors (Lipinski definition) is 3. The summed E-state index contributed by atoms with van der Waals surface area (Å²) in [5, 5.41) is 5.16. The Bertz CT molecular complexity index is 860. The van der Waals surface area contributed by atoms with Gasteiger partial charge >= 0.3 is 5.97 Å². The van der Waals surface area contributed by atoms with Crippen LogP contribution in [0.1, 0.15) is 34.6 Å². The molecule has 0 saturated heterocycles. The van der Waals surface area contributed by atoms with Crippen molar-refractivity contribution in [3.63, 3.8) is 0 Å². The minimum atomic E-state index is -1.04. The molecule has 0 aromatic heterocycles. The number of esters is 1. The van der Waals surface area contributed by atoms with Crippen molar-refractivity contribution in [2.24, 2.45) is 5.73 Å². The highest BCUT2D eigenvalue weighted by atomic mass is 16.5. The number of nitrogens with two attached hydrogens (primary N) is 1. The van der Waals surface area contributed by atoms with Gasteiger partial charge in [-0.05, 0) is 55.5 Å². The molecule has 0 saturated carbocycles. The van der Waals surface area contributed by atoms with Crippen molar-refractivity contribution in [2.45, 2.75) is 20.0 Å². The number of nitrogens with one attached hydrogen (secondary N) is 2. The largest absolute Gasteiger partial charge is 0.449 e. The van der Waals surface area contributed by atoms with Gasteiger partial charge in [0.2, 0.25) is 11.8 Å². The fraction of sp³-hybridized carbons (Fsp3) is 0.158. The van der Waals surface area contributed by atoms with Crippen LogP contribution < -0.4 is 16.4 Å². The van der Waals surface area contributed by atoms with Crippen LogP contribution in [0.15, 0.2) is 48.5 Å². The molecule has 27 heavy (non-hydrogen) atoms. The lowest BCUT2D eigenvalue weighted by molar-refractivity contribution is -0.123. The van der Waals surface area contributed by atoms with Gasteiger partial charge in [0.05, 0.1) is 5.56 Å². The van der Waals surface area contributed by atoms with Crippen LogP contribution in [-0.4, -0.2) is 29.8 Å². The maximum atomic E-state index is 12.1. The van der Waals surface area contributed by atoms with Gasteiger partial charge in [-0.1, -0.05) is 0 Å². The Labute approximate surface area is 155 Å². The van der Waals surface area contributed by atoms with Crippen LogP contribution in [0.4, 0.5) is 11.4 Å². The van der Waals surface area contributed by atoms with E-state index in [-0.39, 0.29) is 11.5 Å². The Kier molecular flexibility index (Phi) is 6.27. The van der Waals surface area contributed by atoms with Gasteiger partial charge in [0, 0.05) is 23.9 Å². The zero-order valence-electron chi connectivity index (χ0n) is 14.8. The average Bonchev–Trinajstić information content (AvgIpc) is 2.62. The number of amides is 3. The average molecular weight is 369 g/mol. The van der Waals surface area contributed by atoms with Crippen LogP contribution in [0, 0.1) is 0 Å². The van der Waals surface area contributed by atoms with Crippen LogP contribution in [-0.2, 0) is 14.3 Å². The number of anilines is 2. The van der Waals surface area contributed by atoms with Crippen LogP contribution >= 0.6 is 0 Å². The summed E-state index contributed by atoms with van der Waals surface area (Å²) in [6.45, 7) is 2.82. The molecule has 140 valence electrons. The number of benzene rings is 2. The van der Waals surface area contributed by atoms with E-state index in [1.807, 2.05) is 0 Å². The molecule has 0 fully saturated rings. The third-order valence-corrected chi connectivity index (χ3v) is 3.53. The van der Waals surface area contributed by atoms with Gasteiger partial charge in [0.1, 0.15) is 0 Å². The second-order valence-electron chi connectivity index (χ2n) is 5.74. The number of rotatable bonds is 6. The minimum absolute atomic E-state index is 0.223. The summed E-state index contributed by atoms with van der Waals surface area (Å²) in [5.41, 5.74) is 6.70. The summed E-state index contributed by atoms with van der Waals surface area (Å²) in [6, 6.07) is 12.1. The molecule has 0 bridgehead atoms. The van der Waals surface area contributed by atoms with Crippen molar-refractivity contribution in [3.05, 3.63) is 59.7 Å². The molecule has 8 nitrogen and oxygen atoms in total. The highest BCUT2D eigenvalue weighted by Gasteiger charge is 2.19. The fourth-order valence-electron chi connectivity index (χ4n) is 2.14. The second-order valence-corrected chi connectivity index (χ2v) is 5.74. The molecule has 0 aliphatic rings. The van der Waals surface area contributed by atoms with Gasteiger partial charge in [-0.15, -0.1) is 0 Å². The zero-order chi connectivity index (χ0) is 20.0. The highest BCUT2D eigenvalue weighted by Crippen LogP contribution is 2.13. The lowest BCUT2D eigenvalue weighted by Crippen LogP contribution is -2.30. The minimum Gasteiger partial charge on any atom is -0.449 e. The maximum absolute atomic E-state index is 12.1. The van der Waals surface area contributed by atoms with E-state index < -0.39 is 23.9 Å². The van der Waals surface area contributed by atoms with Crippen molar-refractivity contribution < 1.29 is 23.9 Å². The summed E-state index contributed by atoms with van der Waals surface area (Å²) in [4.78, 5) is 46.3. The van der Waals surface area contributed by atoms with E-state index >= 15 is 0 Å². The molecular weight excluding hydrogens is 350 g/mol. The fourth-order valence-corrected chi connectivity index (χ4v) is 2.14. The van der Waals surface area contributed by atoms with Gasteiger partial charge in [0.15, 0.2) is 6.10 Å². The first-order valence-electron chi connectivity index (χ1n) is 8.05. The normalized spacial score (nSPS) is 11.2. The Hall–Kier alpha value is -3.68. The first-order chi connectivity index (χ1) is 12.8. The molecule has 0 spiro atoms. The Morgan fingerprint density at radius 1 is 0.852 bits per heavy atom. The van der Waals surface area contributed by atoms with Gasteiger partial charge < -0.3 is 21.1 Å². The number of carbonyl (C=O) groups excluding carboxylic acids is 4. The van der Waals surface area contributed by atoms with Crippen molar-refractivity contribution in [1.82, 2.24) is 0 Å². The molecule has 0 aliphatic heterocycles. The van der Waals surface area contributed by atoms with E-state index in [9.17, 15) is 19.2 Å². The van der Waals surface area contributed by atoms with Crippen LogP contribution in [0.5, 0.6) is 0 Å². The van der Waals surface area contributed by atoms with E-state index in [4.69, 9.17) is 10.5 Å². The van der Waals surface area contributed by atoms with Crippen LogP contribution in [0.3, 0.4) is 0 Å². The molecule has 2 rings (SSSR count). The zero-order valence-corrected chi connectivity index (χ0v) is 14.8. The van der Waals surface area contributed by atoms with E-state index in [0.717, 1.165) is 0 Å². The second kappa shape index (κ2) is 8.61. The van der Waals surface area contributed by atoms with E-state index in [2.05, 4.69) is 10.6 Å². The number of ether oxygens (including phenoxy) is 1. The predicted octanol–water partition coefficient (Wildman–Crippen LogP) is 1.93. The van der Waals surface area contributed by atoms with Gasteiger partial charge in [-0.2, -0.15) is 0 Å². The molecular formula is C19H19N3O5. The Balaban J connectivity index is 1.93.